The third kappa shape index (κ3) is 3.28. The average molecular weight is 381 g/mol. The van der Waals surface area contributed by atoms with Gasteiger partial charge in [-0.1, -0.05) is 12.1 Å². The van der Waals surface area contributed by atoms with Gasteiger partial charge < -0.3 is 0 Å². The first-order chi connectivity index (χ1) is 12.4. The van der Waals surface area contributed by atoms with Crippen molar-refractivity contribution in [1.82, 2.24) is 25.0 Å². The van der Waals surface area contributed by atoms with E-state index in [0.717, 1.165) is 30.7 Å². The lowest BCUT2D eigenvalue weighted by Gasteiger charge is -2.09. The van der Waals surface area contributed by atoms with Gasteiger partial charge in [-0.3, -0.25) is 4.57 Å². The molecule has 0 saturated heterocycles. The third-order valence-electron chi connectivity index (χ3n) is 3.82. The van der Waals surface area contributed by atoms with Crippen LogP contribution in [0.25, 0.3) is 11.4 Å². The molecule has 0 aliphatic heterocycles. The largest absolute Gasteiger partial charge is 0.435 e. The number of nitrogens with zero attached hydrogens (tertiary/aromatic N) is 5. The smallest absolute Gasteiger partial charge is 0.299 e. The van der Waals surface area contributed by atoms with E-state index in [0.29, 0.717) is 16.5 Å². The Hall–Kier alpha value is -2.49. The molecule has 5 nitrogen and oxygen atoms in total. The zero-order chi connectivity index (χ0) is 18.3. The number of hydrogen-bond acceptors (Lipinski definition) is 5. The minimum Gasteiger partial charge on any atom is -0.299 e. The summed E-state index contributed by atoms with van der Waals surface area (Å²) in [5.74, 6) is -0.0133. The van der Waals surface area contributed by atoms with Crippen molar-refractivity contribution in [3.8, 4) is 11.4 Å². The highest BCUT2D eigenvalue weighted by Gasteiger charge is 2.34. The fourth-order valence-electron chi connectivity index (χ4n) is 2.45. The van der Waals surface area contributed by atoms with Crippen molar-refractivity contribution in [1.29, 1.82) is 0 Å². The van der Waals surface area contributed by atoms with Gasteiger partial charge in [-0.05, 0) is 48.9 Å². The van der Waals surface area contributed by atoms with Gasteiger partial charge in [0.2, 0.25) is 0 Å². The number of benzene rings is 1. The minimum atomic E-state index is -4.54. The fraction of sp³-hybridized carbons (Fsp3) is 0.250. The van der Waals surface area contributed by atoms with E-state index >= 15 is 0 Å². The number of aromatic nitrogens is 5. The second-order valence-corrected chi connectivity index (χ2v) is 6.73. The van der Waals surface area contributed by atoms with Crippen molar-refractivity contribution < 1.29 is 17.6 Å². The van der Waals surface area contributed by atoms with Crippen LogP contribution in [0.1, 0.15) is 24.6 Å². The van der Waals surface area contributed by atoms with E-state index in [1.807, 2.05) is 4.57 Å². The van der Waals surface area contributed by atoms with Crippen LogP contribution in [0.3, 0.4) is 0 Å². The maximum absolute atomic E-state index is 14.1. The van der Waals surface area contributed by atoms with Crippen molar-refractivity contribution >= 4 is 11.8 Å². The summed E-state index contributed by atoms with van der Waals surface area (Å²) in [6.07, 6.45) is -2.72. The number of halogens is 4. The molecule has 0 unspecified atom stereocenters. The molecule has 0 atom stereocenters. The lowest BCUT2D eigenvalue weighted by atomic mass is 10.2. The fourth-order valence-corrected chi connectivity index (χ4v) is 3.27. The van der Waals surface area contributed by atoms with Crippen LogP contribution >= 0.6 is 11.8 Å². The quantitative estimate of drug-likeness (QED) is 0.628. The Morgan fingerprint density at radius 3 is 2.35 bits per heavy atom. The molecule has 10 heteroatoms. The summed E-state index contributed by atoms with van der Waals surface area (Å²) in [4.78, 5) is 0. The van der Waals surface area contributed by atoms with Crippen LogP contribution in [-0.2, 0) is 6.18 Å². The van der Waals surface area contributed by atoms with E-state index in [-0.39, 0.29) is 11.1 Å². The first-order valence-electron chi connectivity index (χ1n) is 7.72. The van der Waals surface area contributed by atoms with E-state index in [9.17, 15) is 17.6 Å². The molecule has 0 bridgehead atoms. The van der Waals surface area contributed by atoms with Crippen LogP contribution in [0.2, 0.25) is 0 Å². The predicted octanol–water partition coefficient (Wildman–Crippen LogP) is 4.38. The summed E-state index contributed by atoms with van der Waals surface area (Å²) < 4.78 is 53.7. The third-order valence-corrected chi connectivity index (χ3v) is 4.71. The van der Waals surface area contributed by atoms with E-state index in [2.05, 4.69) is 20.4 Å². The van der Waals surface area contributed by atoms with Gasteiger partial charge in [0.25, 0.3) is 0 Å². The van der Waals surface area contributed by atoms with E-state index in [1.165, 1.54) is 12.1 Å². The molecule has 3 aromatic rings. The molecule has 0 N–H and O–H groups in total. The number of rotatable bonds is 4. The Kier molecular flexibility index (Phi) is 4.14. The molecule has 134 valence electrons. The molecular weight excluding hydrogens is 370 g/mol. The van der Waals surface area contributed by atoms with Crippen LogP contribution < -0.4 is 0 Å². The van der Waals surface area contributed by atoms with Crippen molar-refractivity contribution in [2.45, 2.75) is 35.2 Å². The highest BCUT2D eigenvalue weighted by Crippen LogP contribution is 2.42. The summed E-state index contributed by atoms with van der Waals surface area (Å²) in [5, 5.41) is 15.7. The second kappa shape index (κ2) is 6.35. The van der Waals surface area contributed by atoms with Gasteiger partial charge in [-0.2, -0.15) is 13.2 Å². The van der Waals surface area contributed by atoms with E-state index in [1.54, 1.807) is 18.2 Å². The predicted molar refractivity (Wildman–Crippen MR) is 84.8 cm³/mol. The van der Waals surface area contributed by atoms with E-state index < -0.39 is 17.7 Å². The molecule has 0 radical (unpaired) electrons. The van der Waals surface area contributed by atoms with Gasteiger partial charge in [0.15, 0.2) is 16.7 Å². The van der Waals surface area contributed by atoms with E-state index in [4.69, 9.17) is 0 Å². The normalized spacial score (nSPS) is 14.6. The number of hydrogen-bond donors (Lipinski definition) is 0. The first kappa shape index (κ1) is 17.0. The highest BCUT2D eigenvalue weighted by atomic mass is 32.2. The molecular formula is C16H11F4N5S. The summed E-state index contributed by atoms with van der Waals surface area (Å²) in [6, 6.07) is 8.49. The molecule has 1 saturated carbocycles. The van der Waals surface area contributed by atoms with Crippen molar-refractivity contribution in [2.24, 2.45) is 0 Å². The molecule has 1 aromatic carbocycles. The average Bonchev–Trinajstić information content (AvgIpc) is 3.36. The van der Waals surface area contributed by atoms with Gasteiger partial charge in [-0.25, -0.2) is 4.39 Å². The van der Waals surface area contributed by atoms with Crippen LogP contribution in [-0.4, -0.2) is 25.0 Å². The van der Waals surface area contributed by atoms with Gasteiger partial charge in [0.05, 0.1) is 5.56 Å². The van der Waals surface area contributed by atoms with Crippen molar-refractivity contribution in [2.75, 3.05) is 0 Å². The monoisotopic (exact) mass is 381 g/mol. The van der Waals surface area contributed by atoms with Crippen LogP contribution in [0, 0.1) is 5.82 Å². The first-order valence-corrected chi connectivity index (χ1v) is 8.54. The lowest BCUT2D eigenvalue weighted by Crippen LogP contribution is -2.09. The lowest BCUT2D eigenvalue weighted by molar-refractivity contribution is -0.141. The standard InChI is InChI=1S/C16H11F4N5S/c17-11-4-2-1-3-10(11)14-23-24-15(25(14)9-5-6-9)26-13-8-7-12(21-22-13)16(18,19)20/h1-4,7-9H,5-6H2. The number of alkyl halides is 3. The Bertz CT molecular complexity index is 935. The molecule has 2 aromatic heterocycles. The van der Waals surface area contributed by atoms with Crippen LogP contribution in [0.15, 0.2) is 46.6 Å². The maximum Gasteiger partial charge on any atom is 0.435 e. The maximum atomic E-state index is 14.1. The van der Waals surface area contributed by atoms with Gasteiger partial charge in [-0.15, -0.1) is 20.4 Å². The molecule has 0 amide bonds. The molecule has 1 fully saturated rings. The molecule has 4 rings (SSSR count). The molecule has 0 spiro atoms. The summed E-state index contributed by atoms with van der Waals surface area (Å²) in [7, 11) is 0. The van der Waals surface area contributed by atoms with Crippen LogP contribution in [0.4, 0.5) is 17.6 Å². The second-order valence-electron chi connectivity index (χ2n) is 5.74. The molecule has 1 aliphatic rings. The van der Waals surface area contributed by atoms with Gasteiger partial charge in [0.1, 0.15) is 10.8 Å². The minimum absolute atomic E-state index is 0.143. The Morgan fingerprint density at radius 1 is 0.962 bits per heavy atom. The zero-order valence-corrected chi connectivity index (χ0v) is 13.9. The van der Waals surface area contributed by atoms with Crippen LogP contribution in [0.5, 0.6) is 0 Å². The van der Waals surface area contributed by atoms with Gasteiger partial charge in [0, 0.05) is 6.04 Å². The Morgan fingerprint density at radius 2 is 1.73 bits per heavy atom. The summed E-state index contributed by atoms with van der Waals surface area (Å²) in [6.45, 7) is 0. The van der Waals surface area contributed by atoms with Crippen molar-refractivity contribution in [3.05, 3.63) is 47.9 Å². The van der Waals surface area contributed by atoms with Gasteiger partial charge >= 0.3 is 6.18 Å². The summed E-state index contributed by atoms with van der Waals surface area (Å²) >= 11 is 1.05. The molecule has 1 aliphatic carbocycles. The molecule has 26 heavy (non-hydrogen) atoms. The summed E-state index contributed by atoms with van der Waals surface area (Å²) in [5.41, 5.74) is -0.727. The Balaban J connectivity index is 1.67. The van der Waals surface area contributed by atoms with Crippen molar-refractivity contribution in [3.63, 3.8) is 0 Å². The highest BCUT2D eigenvalue weighted by molar-refractivity contribution is 7.99. The zero-order valence-electron chi connectivity index (χ0n) is 13.1. The molecule has 2 heterocycles. The Labute approximate surface area is 149 Å². The SMILES string of the molecule is Fc1ccccc1-c1nnc(Sc2ccc(C(F)(F)F)nn2)n1C1CC1. The topological polar surface area (TPSA) is 56.5 Å².